The van der Waals surface area contributed by atoms with Crippen LogP contribution >= 0.6 is 0 Å². The van der Waals surface area contributed by atoms with Gasteiger partial charge in [0.25, 0.3) is 0 Å². The molecular formula is C30H27N3. The highest BCUT2D eigenvalue weighted by Gasteiger charge is 2.39. The van der Waals surface area contributed by atoms with Gasteiger partial charge in [-0.3, -0.25) is 0 Å². The number of hydrogen-bond donors (Lipinski definition) is 1. The molecule has 1 heterocycles. The smallest absolute Gasteiger partial charge is 0.123 e. The Morgan fingerprint density at radius 2 is 1.03 bits per heavy atom. The van der Waals surface area contributed by atoms with Gasteiger partial charge in [-0.15, -0.1) is 0 Å². The van der Waals surface area contributed by atoms with Crippen LogP contribution in [-0.2, 0) is 18.6 Å². The van der Waals surface area contributed by atoms with Gasteiger partial charge in [0.15, 0.2) is 0 Å². The Kier molecular flexibility index (Phi) is 6.14. The topological polar surface area (TPSA) is 29.9 Å². The summed E-state index contributed by atoms with van der Waals surface area (Å²) in [5.74, 6) is 0.988. The molecule has 0 aliphatic heterocycles. The molecule has 3 heteroatoms. The van der Waals surface area contributed by atoms with E-state index in [1.54, 1.807) is 0 Å². The summed E-state index contributed by atoms with van der Waals surface area (Å²) in [6.07, 6.45) is 4.01. The molecule has 0 atom stereocenters. The van der Waals surface area contributed by atoms with Crippen molar-refractivity contribution in [3.63, 3.8) is 0 Å². The van der Waals surface area contributed by atoms with Crippen molar-refractivity contribution in [1.82, 2.24) is 14.9 Å². The third-order valence-electron chi connectivity index (χ3n) is 6.11. The van der Waals surface area contributed by atoms with Crippen LogP contribution in [0.5, 0.6) is 0 Å². The van der Waals surface area contributed by atoms with Crippen LogP contribution in [0, 0.1) is 0 Å². The lowest BCUT2D eigenvalue weighted by Crippen LogP contribution is -2.39. The molecule has 0 fully saturated rings. The van der Waals surface area contributed by atoms with Crippen molar-refractivity contribution in [1.29, 1.82) is 0 Å². The summed E-state index contributed by atoms with van der Waals surface area (Å²) in [6, 6.07) is 42.6. The normalized spacial score (nSPS) is 11.4. The standard InChI is InChI=1S/C30H27N3/c1-5-13-25(14-6-1)23-31-24-29-32-21-22-33(29)30(26-15-7-2-8-16-26,27-17-9-3-10-18-27)28-19-11-4-12-20-28/h1-22,31H,23-24H2. The summed E-state index contributed by atoms with van der Waals surface area (Å²) < 4.78 is 2.32. The third kappa shape index (κ3) is 4.11. The minimum atomic E-state index is -0.538. The molecule has 0 unspecified atom stereocenters. The van der Waals surface area contributed by atoms with Crippen molar-refractivity contribution in [2.75, 3.05) is 0 Å². The fourth-order valence-corrected chi connectivity index (χ4v) is 4.64. The molecule has 4 aromatic carbocycles. The number of rotatable bonds is 8. The van der Waals surface area contributed by atoms with Crippen molar-refractivity contribution in [3.05, 3.63) is 162 Å². The van der Waals surface area contributed by atoms with Gasteiger partial charge >= 0.3 is 0 Å². The zero-order valence-electron chi connectivity index (χ0n) is 18.5. The molecule has 1 aromatic heterocycles. The number of imidazole rings is 1. The maximum absolute atomic E-state index is 4.79. The molecule has 1 N–H and O–H groups in total. The van der Waals surface area contributed by atoms with E-state index in [1.165, 1.54) is 22.3 Å². The second kappa shape index (κ2) is 9.68. The van der Waals surface area contributed by atoms with Gasteiger partial charge < -0.3 is 9.88 Å². The van der Waals surface area contributed by atoms with E-state index in [-0.39, 0.29) is 0 Å². The lowest BCUT2D eigenvalue weighted by molar-refractivity contribution is 0.479. The first kappa shape index (κ1) is 20.9. The van der Waals surface area contributed by atoms with Gasteiger partial charge in [-0.05, 0) is 22.3 Å². The number of benzene rings is 4. The molecule has 0 spiro atoms. The molecule has 0 radical (unpaired) electrons. The summed E-state index contributed by atoms with van der Waals surface area (Å²) >= 11 is 0. The average Bonchev–Trinajstić information content (AvgIpc) is 3.36. The van der Waals surface area contributed by atoms with E-state index >= 15 is 0 Å². The van der Waals surface area contributed by atoms with E-state index in [2.05, 4.69) is 131 Å². The summed E-state index contributed by atoms with van der Waals surface area (Å²) in [6.45, 7) is 1.46. The molecule has 0 bridgehead atoms. The fourth-order valence-electron chi connectivity index (χ4n) is 4.64. The van der Waals surface area contributed by atoms with Crippen LogP contribution in [0.4, 0.5) is 0 Å². The molecule has 0 saturated heterocycles. The van der Waals surface area contributed by atoms with E-state index in [9.17, 15) is 0 Å². The van der Waals surface area contributed by atoms with E-state index in [4.69, 9.17) is 4.98 Å². The molecule has 162 valence electrons. The zero-order chi connectivity index (χ0) is 22.3. The number of nitrogens with one attached hydrogen (secondary N) is 1. The summed E-state index contributed by atoms with van der Waals surface area (Å²) in [4.78, 5) is 4.79. The molecule has 0 aliphatic rings. The van der Waals surface area contributed by atoms with Crippen LogP contribution in [-0.4, -0.2) is 9.55 Å². The Balaban J connectivity index is 1.64. The largest absolute Gasteiger partial charge is 0.315 e. The Hall–Kier alpha value is -3.95. The molecular weight excluding hydrogens is 402 g/mol. The first-order valence-corrected chi connectivity index (χ1v) is 11.3. The number of aromatic nitrogens is 2. The van der Waals surface area contributed by atoms with E-state index in [0.717, 1.165) is 12.4 Å². The maximum Gasteiger partial charge on any atom is 0.123 e. The van der Waals surface area contributed by atoms with E-state index < -0.39 is 5.54 Å². The van der Waals surface area contributed by atoms with Crippen LogP contribution in [0.15, 0.2) is 134 Å². The summed E-state index contributed by atoms with van der Waals surface area (Å²) in [7, 11) is 0. The van der Waals surface area contributed by atoms with Crippen LogP contribution in [0.25, 0.3) is 0 Å². The van der Waals surface area contributed by atoms with Gasteiger partial charge in [-0.25, -0.2) is 4.98 Å². The van der Waals surface area contributed by atoms with Gasteiger partial charge in [0, 0.05) is 18.9 Å². The SMILES string of the molecule is c1ccc(CNCc2nccn2C(c2ccccc2)(c2ccccc2)c2ccccc2)cc1. The number of nitrogens with zero attached hydrogens (tertiary/aromatic N) is 2. The fraction of sp³-hybridized carbons (Fsp3) is 0.100. The molecule has 5 aromatic rings. The van der Waals surface area contributed by atoms with Gasteiger partial charge in [-0.1, -0.05) is 121 Å². The predicted octanol–water partition coefficient (Wildman–Crippen LogP) is 6.01. The van der Waals surface area contributed by atoms with Crippen molar-refractivity contribution in [3.8, 4) is 0 Å². The Bertz CT molecular complexity index is 1170. The lowest BCUT2D eigenvalue weighted by Gasteiger charge is -2.38. The minimum Gasteiger partial charge on any atom is -0.315 e. The quantitative estimate of drug-likeness (QED) is 0.306. The van der Waals surface area contributed by atoms with Crippen LogP contribution < -0.4 is 5.32 Å². The highest BCUT2D eigenvalue weighted by Crippen LogP contribution is 2.41. The lowest BCUT2D eigenvalue weighted by atomic mass is 9.76. The highest BCUT2D eigenvalue weighted by molar-refractivity contribution is 5.51. The second-order valence-electron chi connectivity index (χ2n) is 8.11. The van der Waals surface area contributed by atoms with Crippen LogP contribution in [0.1, 0.15) is 28.1 Å². The van der Waals surface area contributed by atoms with Gasteiger partial charge in [0.2, 0.25) is 0 Å². The Morgan fingerprint density at radius 3 is 1.52 bits per heavy atom. The van der Waals surface area contributed by atoms with Crippen molar-refractivity contribution < 1.29 is 0 Å². The van der Waals surface area contributed by atoms with Crippen LogP contribution in [0.3, 0.4) is 0 Å². The van der Waals surface area contributed by atoms with Gasteiger partial charge in [-0.2, -0.15) is 0 Å². The van der Waals surface area contributed by atoms with Crippen molar-refractivity contribution in [2.45, 2.75) is 18.6 Å². The first-order chi connectivity index (χ1) is 16.4. The zero-order valence-corrected chi connectivity index (χ0v) is 18.5. The molecule has 0 saturated carbocycles. The van der Waals surface area contributed by atoms with E-state index in [0.29, 0.717) is 6.54 Å². The van der Waals surface area contributed by atoms with Gasteiger partial charge in [0.05, 0.1) is 6.54 Å². The van der Waals surface area contributed by atoms with Crippen molar-refractivity contribution in [2.24, 2.45) is 0 Å². The van der Waals surface area contributed by atoms with Crippen LogP contribution in [0.2, 0.25) is 0 Å². The minimum absolute atomic E-state index is 0.538. The first-order valence-electron chi connectivity index (χ1n) is 11.3. The maximum atomic E-state index is 4.79. The molecule has 5 rings (SSSR count). The summed E-state index contributed by atoms with van der Waals surface area (Å²) in [5, 5.41) is 3.59. The Labute approximate surface area is 195 Å². The van der Waals surface area contributed by atoms with Crippen molar-refractivity contribution >= 4 is 0 Å². The molecule has 33 heavy (non-hydrogen) atoms. The Morgan fingerprint density at radius 1 is 0.576 bits per heavy atom. The summed E-state index contributed by atoms with van der Waals surface area (Å²) in [5.41, 5.74) is 4.32. The van der Waals surface area contributed by atoms with E-state index in [1.807, 2.05) is 12.3 Å². The predicted molar refractivity (Wildman–Crippen MR) is 134 cm³/mol. The van der Waals surface area contributed by atoms with Gasteiger partial charge in [0.1, 0.15) is 11.4 Å². The number of hydrogen-bond acceptors (Lipinski definition) is 2. The average molecular weight is 430 g/mol. The highest BCUT2D eigenvalue weighted by atomic mass is 15.2. The monoisotopic (exact) mass is 429 g/mol. The molecule has 3 nitrogen and oxygen atoms in total. The third-order valence-corrected chi connectivity index (χ3v) is 6.11. The molecule has 0 aliphatic carbocycles. The second-order valence-corrected chi connectivity index (χ2v) is 8.11. The molecule has 0 amide bonds.